The minimum Gasteiger partial charge on any atom is -0.465 e. The smallest absolute Gasteiger partial charge is 0.338 e. The van der Waals surface area contributed by atoms with Gasteiger partial charge in [0.15, 0.2) is 0 Å². The van der Waals surface area contributed by atoms with Gasteiger partial charge in [-0.25, -0.2) is 4.79 Å². The molecule has 0 aromatic heterocycles. The predicted molar refractivity (Wildman–Crippen MR) is 134 cm³/mol. The van der Waals surface area contributed by atoms with E-state index < -0.39 is 23.6 Å². The van der Waals surface area contributed by atoms with E-state index in [2.05, 4.69) is 20.4 Å². The zero-order valence-corrected chi connectivity index (χ0v) is 21.8. The van der Waals surface area contributed by atoms with Crippen molar-refractivity contribution in [3.05, 3.63) is 47.0 Å². The summed E-state index contributed by atoms with van der Waals surface area (Å²) in [5.41, 5.74) is 1.02. The van der Waals surface area contributed by atoms with Crippen LogP contribution in [0.3, 0.4) is 0 Å². The van der Waals surface area contributed by atoms with Gasteiger partial charge in [-0.15, -0.1) is 0 Å². The monoisotopic (exact) mass is 500 g/mol. The van der Waals surface area contributed by atoms with Gasteiger partial charge in [0.05, 0.1) is 11.7 Å². The lowest BCUT2D eigenvalue weighted by atomic mass is 9.40. The second kappa shape index (κ2) is 8.62. The lowest BCUT2D eigenvalue weighted by Crippen LogP contribution is -2.65. The summed E-state index contributed by atoms with van der Waals surface area (Å²) in [5, 5.41) is 12.2. The number of esters is 2. The quantitative estimate of drug-likeness (QED) is 0.406. The van der Waals surface area contributed by atoms with Crippen molar-refractivity contribution in [2.24, 2.45) is 34.0 Å². The highest BCUT2D eigenvalue weighted by molar-refractivity contribution is 6.30. The largest absolute Gasteiger partial charge is 0.465 e. The van der Waals surface area contributed by atoms with Crippen molar-refractivity contribution in [1.82, 2.24) is 0 Å². The summed E-state index contributed by atoms with van der Waals surface area (Å²) >= 11 is 5.99. The Hall–Kier alpha value is -1.85. The normalized spacial score (nSPS) is 42.1. The standard InChI is InChI=1S/C29H37ClO5/c1-17-14-29-15-20(17)7-10-22(29)27(3)12-11-25(35-26(33)19-5-8-21(30)9-6-19)28(4,16-34-18(2)31)23(27)13-24(29)32/h5-6,8-9,20,22-25,32H,1,7,10-16H2,2-4H3/t20-,22+,23+,24+,25-,27+,28-,29+/m1/s1. The number of aliphatic hydroxyl groups is 1. The van der Waals surface area contributed by atoms with E-state index in [-0.39, 0.29) is 29.3 Å². The molecule has 4 fully saturated rings. The molecule has 5 rings (SSSR count). The molecule has 0 radical (unpaired) electrons. The van der Waals surface area contributed by atoms with Crippen molar-refractivity contribution in [3.8, 4) is 0 Å². The summed E-state index contributed by atoms with van der Waals surface area (Å²) < 4.78 is 11.8. The van der Waals surface area contributed by atoms with Gasteiger partial charge in [-0.2, -0.15) is 0 Å². The number of hydrogen-bond donors (Lipinski definition) is 1. The summed E-state index contributed by atoms with van der Waals surface area (Å²) in [4.78, 5) is 25.0. The van der Waals surface area contributed by atoms with Crippen LogP contribution in [-0.2, 0) is 14.3 Å². The first-order chi connectivity index (χ1) is 16.5. The van der Waals surface area contributed by atoms with Crippen LogP contribution in [0.5, 0.6) is 0 Å². The van der Waals surface area contributed by atoms with E-state index in [9.17, 15) is 14.7 Å². The number of ether oxygens (including phenoxy) is 2. The molecule has 35 heavy (non-hydrogen) atoms. The number of halogens is 1. The fourth-order valence-corrected chi connectivity index (χ4v) is 8.83. The van der Waals surface area contributed by atoms with Crippen LogP contribution in [0.15, 0.2) is 36.4 Å². The lowest BCUT2D eigenvalue weighted by molar-refractivity contribution is -0.232. The van der Waals surface area contributed by atoms with Crippen molar-refractivity contribution < 1.29 is 24.2 Å². The Bertz CT molecular complexity index is 1040. The van der Waals surface area contributed by atoms with Gasteiger partial charge < -0.3 is 14.6 Å². The van der Waals surface area contributed by atoms with Gasteiger partial charge in [-0.1, -0.05) is 37.6 Å². The van der Waals surface area contributed by atoms with Crippen molar-refractivity contribution in [2.45, 2.75) is 77.9 Å². The highest BCUT2D eigenvalue weighted by atomic mass is 35.5. The molecule has 4 aliphatic carbocycles. The van der Waals surface area contributed by atoms with Crippen LogP contribution >= 0.6 is 11.6 Å². The third-order valence-electron chi connectivity index (χ3n) is 10.4. The van der Waals surface area contributed by atoms with E-state index in [1.54, 1.807) is 24.3 Å². The van der Waals surface area contributed by atoms with Gasteiger partial charge in [0, 0.05) is 22.8 Å². The molecule has 1 aromatic carbocycles. The van der Waals surface area contributed by atoms with Crippen molar-refractivity contribution >= 4 is 23.5 Å². The second-order valence-corrected chi connectivity index (χ2v) is 12.6. The summed E-state index contributed by atoms with van der Waals surface area (Å²) in [7, 11) is 0. The number of rotatable bonds is 4. The molecule has 1 N–H and O–H groups in total. The predicted octanol–water partition coefficient (Wildman–Crippen LogP) is 5.98. The number of carbonyl (C=O) groups excluding carboxylic acids is 2. The Morgan fingerprint density at radius 2 is 1.86 bits per heavy atom. The summed E-state index contributed by atoms with van der Waals surface area (Å²) in [6.07, 6.45) is 5.58. The molecule has 0 aliphatic heterocycles. The average molecular weight is 501 g/mol. The van der Waals surface area contributed by atoms with E-state index in [4.69, 9.17) is 21.1 Å². The molecule has 8 atom stereocenters. The van der Waals surface area contributed by atoms with E-state index in [0.717, 1.165) is 32.1 Å². The topological polar surface area (TPSA) is 72.8 Å². The lowest BCUT2D eigenvalue weighted by Gasteiger charge is -2.66. The molecule has 2 bridgehead atoms. The van der Waals surface area contributed by atoms with Crippen LogP contribution in [0.4, 0.5) is 0 Å². The average Bonchev–Trinajstić information content (AvgIpc) is 3.06. The highest BCUT2D eigenvalue weighted by Gasteiger charge is 2.68. The highest BCUT2D eigenvalue weighted by Crippen LogP contribution is 2.72. The fraction of sp³-hybridized carbons (Fsp3) is 0.655. The maximum atomic E-state index is 13.1. The summed E-state index contributed by atoms with van der Waals surface area (Å²) in [6, 6.07) is 6.69. The van der Waals surface area contributed by atoms with Crippen LogP contribution in [0.25, 0.3) is 0 Å². The Labute approximate surface area is 213 Å². The van der Waals surface area contributed by atoms with Gasteiger partial charge in [0.25, 0.3) is 0 Å². The maximum Gasteiger partial charge on any atom is 0.338 e. The Morgan fingerprint density at radius 3 is 2.54 bits per heavy atom. The number of allylic oxidation sites excluding steroid dienone is 1. The van der Waals surface area contributed by atoms with E-state index >= 15 is 0 Å². The van der Waals surface area contributed by atoms with Crippen molar-refractivity contribution in [2.75, 3.05) is 6.61 Å². The number of benzene rings is 1. The molecule has 4 saturated carbocycles. The van der Waals surface area contributed by atoms with E-state index in [0.29, 0.717) is 35.3 Å². The Kier molecular flexibility index (Phi) is 6.12. The molecular weight excluding hydrogens is 464 g/mol. The molecule has 0 amide bonds. The van der Waals surface area contributed by atoms with Crippen LogP contribution in [0.2, 0.25) is 5.02 Å². The molecule has 5 nitrogen and oxygen atoms in total. The minimum atomic E-state index is -0.601. The molecule has 1 aromatic rings. The summed E-state index contributed by atoms with van der Waals surface area (Å²) in [5.74, 6) is 0.225. The third-order valence-corrected chi connectivity index (χ3v) is 10.6. The molecule has 6 heteroatoms. The van der Waals surface area contributed by atoms with Gasteiger partial charge in [-0.3, -0.25) is 4.79 Å². The number of aliphatic hydroxyl groups excluding tert-OH is 1. The SMILES string of the molecule is C=C1C[C@]23C[C@H]1CC[C@H]2[C@]1(C)CC[C@@H](OC(=O)c2ccc(Cl)cc2)[C@](C)(COC(C)=O)[C@H]1C[C@@H]3O. The number of hydrogen-bond acceptors (Lipinski definition) is 5. The maximum absolute atomic E-state index is 13.1. The van der Waals surface area contributed by atoms with Crippen LogP contribution in [0.1, 0.15) is 76.1 Å². The second-order valence-electron chi connectivity index (χ2n) is 12.1. The Morgan fingerprint density at radius 1 is 1.14 bits per heavy atom. The van der Waals surface area contributed by atoms with Crippen molar-refractivity contribution in [1.29, 1.82) is 0 Å². The van der Waals surface area contributed by atoms with Crippen LogP contribution in [0, 0.1) is 34.0 Å². The number of carbonyl (C=O) groups is 2. The molecule has 0 unspecified atom stereocenters. The van der Waals surface area contributed by atoms with Crippen LogP contribution in [-0.4, -0.2) is 35.9 Å². The molecule has 1 spiro atoms. The molecule has 190 valence electrons. The molecule has 4 aliphatic rings. The first kappa shape index (κ1) is 24.8. The van der Waals surface area contributed by atoms with Gasteiger partial charge >= 0.3 is 11.9 Å². The fourth-order valence-electron chi connectivity index (χ4n) is 8.71. The molecule has 0 saturated heterocycles. The summed E-state index contributed by atoms with van der Waals surface area (Å²) in [6.45, 7) is 10.4. The minimum absolute atomic E-state index is 0.0348. The van der Waals surface area contributed by atoms with E-state index in [1.165, 1.54) is 12.5 Å². The number of fused-ring (bicyclic) bond motifs is 3. The van der Waals surface area contributed by atoms with Crippen LogP contribution < -0.4 is 0 Å². The van der Waals surface area contributed by atoms with Gasteiger partial charge in [0.2, 0.25) is 0 Å². The van der Waals surface area contributed by atoms with Crippen molar-refractivity contribution in [3.63, 3.8) is 0 Å². The molecule has 0 heterocycles. The first-order valence-corrected chi connectivity index (χ1v) is 13.3. The zero-order chi connectivity index (χ0) is 25.2. The first-order valence-electron chi connectivity index (χ1n) is 13.0. The van der Waals surface area contributed by atoms with Gasteiger partial charge in [-0.05, 0) is 92.4 Å². The van der Waals surface area contributed by atoms with E-state index in [1.807, 2.05) is 0 Å². The van der Waals surface area contributed by atoms with Gasteiger partial charge in [0.1, 0.15) is 12.7 Å². The Balaban J connectivity index is 1.48. The third kappa shape index (κ3) is 3.85. The zero-order valence-electron chi connectivity index (χ0n) is 21.0. The molecular formula is C29H37ClO5.